The van der Waals surface area contributed by atoms with Crippen molar-refractivity contribution in [1.29, 1.82) is 0 Å². The lowest BCUT2D eigenvalue weighted by Gasteiger charge is -1.96. The SMILES string of the molecule is Fc1cccc(-c2nc(CSc3nnc(NCc4ccco4)s3)co2)c1. The van der Waals surface area contributed by atoms with E-state index in [1.54, 1.807) is 24.7 Å². The van der Waals surface area contributed by atoms with Crippen LogP contribution in [0.2, 0.25) is 0 Å². The molecule has 0 unspecified atom stereocenters. The molecule has 6 nitrogen and oxygen atoms in total. The second-order valence-electron chi connectivity index (χ2n) is 5.25. The van der Waals surface area contributed by atoms with Crippen molar-refractivity contribution in [2.45, 2.75) is 16.6 Å². The molecule has 0 fully saturated rings. The summed E-state index contributed by atoms with van der Waals surface area (Å²) in [5, 5.41) is 12.1. The van der Waals surface area contributed by atoms with Gasteiger partial charge in [-0.15, -0.1) is 10.2 Å². The Morgan fingerprint density at radius 3 is 2.96 bits per heavy atom. The second kappa shape index (κ2) is 7.71. The second-order valence-corrected chi connectivity index (χ2v) is 7.45. The molecule has 9 heteroatoms. The van der Waals surface area contributed by atoms with Gasteiger partial charge in [-0.3, -0.25) is 0 Å². The fraction of sp³-hybridized carbons (Fsp3) is 0.118. The maximum Gasteiger partial charge on any atom is 0.226 e. The van der Waals surface area contributed by atoms with Crippen LogP contribution in [0.15, 0.2) is 62.1 Å². The molecule has 0 saturated carbocycles. The minimum Gasteiger partial charge on any atom is -0.467 e. The van der Waals surface area contributed by atoms with Crippen LogP contribution in [0, 0.1) is 5.82 Å². The van der Waals surface area contributed by atoms with E-state index in [-0.39, 0.29) is 5.82 Å². The Labute approximate surface area is 156 Å². The van der Waals surface area contributed by atoms with Gasteiger partial charge < -0.3 is 14.2 Å². The quantitative estimate of drug-likeness (QED) is 0.454. The average Bonchev–Trinajstić information content (AvgIpc) is 3.39. The topological polar surface area (TPSA) is 77.0 Å². The number of thioether (sulfide) groups is 1. The largest absolute Gasteiger partial charge is 0.467 e. The van der Waals surface area contributed by atoms with Crippen molar-refractivity contribution in [3.8, 4) is 11.5 Å². The molecule has 1 N–H and O–H groups in total. The Hall–Kier alpha value is -2.65. The highest BCUT2D eigenvalue weighted by molar-refractivity contribution is 8.00. The lowest BCUT2D eigenvalue weighted by molar-refractivity contribution is 0.518. The molecular formula is C17H13FN4O2S2. The van der Waals surface area contributed by atoms with E-state index in [9.17, 15) is 4.39 Å². The van der Waals surface area contributed by atoms with Crippen molar-refractivity contribution in [3.05, 3.63) is 66.2 Å². The molecule has 0 amide bonds. The van der Waals surface area contributed by atoms with Crippen LogP contribution >= 0.6 is 23.1 Å². The molecule has 0 spiro atoms. The first-order chi connectivity index (χ1) is 12.8. The standard InChI is InChI=1S/C17H13FN4O2S2/c18-12-4-1-3-11(7-12)15-20-13(9-24-15)10-25-17-22-21-16(26-17)19-8-14-5-2-6-23-14/h1-7,9H,8,10H2,(H,19,21). The predicted octanol–water partition coefficient (Wildman–Crippen LogP) is 4.83. The number of hydrogen-bond acceptors (Lipinski definition) is 8. The molecule has 3 heterocycles. The third-order valence-corrected chi connectivity index (χ3v) is 5.42. The van der Waals surface area contributed by atoms with Crippen LogP contribution in [0.1, 0.15) is 11.5 Å². The molecule has 4 rings (SSSR count). The van der Waals surface area contributed by atoms with Gasteiger partial charge in [0.2, 0.25) is 11.0 Å². The van der Waals surface area contributed by atoms with Crippen molar-refractivity contribution >= 4 is 28.2 Å². The van der Waals surface area contributed by atoms with Gasteiger partial charge in [0.05, 0.1) is 18.5 Å². The number of hydrogen-bond donors (Lipinski definition) is 1. The van der Waals surface area contributed by atoms with Crippen molar-refractivity contribution in [1.82, 2.24) is 15.2 Å². The van der Waals surface area contributed by atoms with Crippen LogP contribution in [0.5, 0.6) is 0 Å². The zero-order valence-electron chi connectivity index (χ0n) is 13.4. The van der Waals surface area contributed by atoms with E-state index >= 15 is 0 Å². The number of furan rings is 1. The maximum atomic E-state index is 13.3. The zero-order chi connectivity index (χ0) is 17.8. The van der Waals surface area contributed by atoms with E-state index in [1.807, 2.05) is 12.1 Å². The highest BCUT2D eigenvalue weighted by Gasteiger charge is 2.10. The van der Waals surface area contributed by atoms with Gasteiger partial charge in [0, 0.05) is 11.3 Å². The zero-order valence-corrected chi connectivity index (χ0v) is 15.0. The molecule has 0 saturated heterocycles. The first-order valence-electron chi connectivity index (χ1n) is 7.69. The average molecular weight is 388 g/mol. The van der Waals surface area contributed by atoms with Crippen LogP contribution in [0.4, 0.5) is 9.52 Å². The normalized spacial score (nSPS) is 11.0. The Bertz CT molecular complexity index is 984. The van der Waals surface area contributed by atoms with Crippen LogP contribution in [0.3, 0.4) is 0 Å². The van der Waals surface area contributed by atoms with Gasteiger partial charge in [0.1, 0.15) is 17.8 Å². The molecule has 3 aromatic heterocycles. The lowest BCUT2D eigenvalue weighted by atomic mass is 10.2. The number of anilines is 1. The van der Waals surface area contributed by atoms with Gasteiger partial charge in [0.25, 0.3) is 0 Å². The molecule has 0 bridgehead atoms. The summed E-state index contributed by atoms with van der Waals surface area (Å²) in [4.78, 5) is 4.39. The first-order valence-corrected chi connectivity index (χ1v) is 9.49. The number of aromatic nitrogens is 3. The molecule has 0 aliphatic carbocycles. The van der Waals surface area contributed by atoms with Crippen LogP contribution in [-0.2, 0) is 12.3 Å². The van der Waals surface area contributed by atoms with E-state index in [2.05, 4.69) is 20.5 Å². The van der Waals surface area contributed by atoms with Gasteiger partial charge in [-0.2, -0.15) is 0 Å². The summed E-state index contributed by atoms with van der Waals surface area (Å²) >= 11 is 2.97. The van der Waals surface area contributed by atoms with Gasteiger partial charge in [-0.1, -0.05) is 29.2 Å². The highest BCUT2D eigenvalue weighted by Crippen LogP contribution is 2.29. The number of benzene rings is 1. The number of rotatable bonds is 7. The number of nitrogens with one attached hydrogen (secondary N) is 1. The first kappa shape index (κ1) is 16.8. The summed E-state index contributed by atoms with van der Waals surface area (Å²) in [6.45, 7) is 0.562. The van der Waals surface area contributed by atoms with Gasteiger partial charge in [0.15, 0.2) is 4.34 Å². The van der Waals surface area contributed by atoms with E-state index in [4.69, 9.17) is 8.83 Å². The van der Waals surface area contributed by atoms with E-state index in [0.29, 0.717) is 23.8 Å². The Morgan fingerprint density at radius 2 is 2.12 bits per heavy atom. The highest BCUT2D eigenvalue weighted by atomic mass is 32.2. The van der Waals surface area contributed by atoms with E-state index in [1.165, 1.54) is 35.2 Å². The maximum absolute atomic E-state index is 13.3. The summed E-state index contributed by atoms with van der Waals surface area (Å²) in [7, 11) is 0. The summed E-state index contributed by atoms with van der Waals surface area (Å²) in [5.41, 5.74) is 1.37. The van der Waals surface area contributed by atoms with Gasteiger partial charge in [-0.25, -0.2) is 9.37 Å². The van der Waals surface area contributed by atoms with Crippen molar-refractivity contribution in [3.63, 3.8) is 0 Å². The Kier molecular flexibility index (Phi) is 4.98. The fourth-order valence-corrected chi connectivity index (χ4v) is 3.80. The molecule has 0 atom stereocenters. The van der Waals surface area contributed by atoms with E-state index in [0.717, 1.165) is 20.9 Å². The molecule has 26 heavy (non-hydrogen) atoms. The van der Waals surface area contributed by atoms with Crippen molar-refractivity contribution < 1.29 is 13.2 Å². The lowest BCUT2D eigenvalue weighted by Crippen LogP contribution is -1.96. The van der Waals surface area contributed by atoms with Crippen LogP contribution < -0.4 is 5.32 Å². The molecule has 4 aromatic rings. The van der Waals surface area contributed by atoms with Crippen LogP contribution in [0.25, 0.3) is 11.5 Å². The predicted molar refractivity (Wildman–Crippen MR) is 97.4 cm³/mol. The third-order valence-electron chi connectivity index (χ3n) is 3.37. The number of nitrogens with zero attached hydrogens (tertiary/aromatic N) is 3. The minimum atomic E-state index is -0.319. The molecule has 132 valence electrons. The smallest absolute Gasteiger partial charge is 0.226 e. The fourth-order valence-electron chi connectivity index (χ4n) is 2.18. The minimum absolute atomic E-state index is 0.319. The van der Waals surface area contributed by atoms with Crippen molar-refractivity contribution in [2.24, 2.45) is 0 Å². The van der Waals surface area contributed by atoms with Gasteiger partial charge in [-0.05, 0) is 30.3 Å². The summed E-state index contributed by atoms with van der Waals surface area (Å²) in [6, 6.07) is 9.90. The van der Waals surface area contributed by atoms with Gasteiger partial charge >= 0.3 is 0 Å². The number of halogens is 1. The summed E-state index contributed by atoms with van der Waals surface area (Å²) in [5.74, 6) is 1.51. The summed E-state index contributed by atoms with van der Waals surface area (Å²) < 4.78 is 24.8. The summed E-state index contributed by atoms with van der Waals surface area (Å²) in [6.07, 6.45) is 3.21. The van der Waals surface area contributed by atoms with Crippen LogP contribution in [-0.4, -0.2) is 15.2 Å². The molecule has 1 aromatic carbocycles. The molecular weight excluding hydrogens is 375 g/mol. The monoisotopic (exact) mass is 388 g/mol. The Balaban J connectivity index is 1.33. The van der Waals surface area contributed by atoms with Crippen molar-refractivity contribution in [2.75, 3.05) is 5.32 Å². The Morgan fingerprint density at radius 1 is 1.15 bits per heavy atom. The molecule has 0 aliphatic heterocycles. The third kappa shape index (κ3) is 4.12. The molecule has 0 radical (unpaired) electrons. The number of oxazole rings is 1. The van der Waals surface area contributed by atoms with E-state index < -0.39 is 0 Å². The molecule has 0 aliphatic rings.